The number of amides is 2. The molecule has 3 aromatic rings. The number of fused-ring (bicyclic) bond motifs is 1. The summed E-state index contributed by atoms with van der Waals surface area (Å²) in [6, 6.07) is 17.6. The molecule has 1 heterocycles. The number of imide groups is 1. The number of rotatable bonds is 9. The average Bonchev–Trinajstić information content (AvgIpc) is 3.11. The zero-order valence-corrected chi connectivity index (χ0v) is 19.2. The quantitative estimate of drug-likeness (QED) is 0.176. The van der Waals surface area contributed by atoms with Crippen molar-refractivity contribution in [1.82, 2.24) is 4.90 Å². The van der Waals surface area contributed by atoms with Gasteiger partial charge in [-0.25, -0.2) is 0 Å². The van der Waals surface area contributed by atoms with Crippen LogP contribution in [0.1, 0.15) is 17.5 Å². The van der Waals surface area contributed by atoms with E-state index in [0.717, 1.165) is 22.5 Å². The zero-order valence-electron chi connectivity index (χ0n) is 18.4. The van der Waals surface area contributed by atoms with Gasteiger partial charge >= 0.3 is 0 Å². The number of carbonyl (C=O) groups is 2. The van der Waals surface area contributed by atoms with Crippen LogP contribution < -0.4 is 4.74 Å². The molecule has 9 heteroatoms. The Hall–Kier alpha value is -3.69. The van der Waals surface area contributed by atoms with Crippen molar-refractivity contribution in [1.29, 1.82) is 0 Å². The molecule has 0 aromatic heterocycles. The van der Waals surface area contributed by atoms with Gasteiger partial charge in [-0.05, 0) is 46.7 Å². The minimum atomic E-state index is -0.451. The van der Waals surface area contributed by atoms with Crippen LogP contribution in [0.3, 0.4) is 0 Å². The largest absolute Gasteiger partial charge is 0.488 e. The highest BCUT2D eigenvalue weighted by Gasteiger charge is 2.34. The van der Waals surface area contributed by atoms with E-state index in [1.807, 2.05) is 30.3 Å². The molecule has 0 unspecified atom stereocenters. The van der Waals surface area contributed by atoms with Gasteiger partial charge in [0.05, 0.1) is 9.83 Å². The third-order valence-electron chi connectivity index (χ3n) is 5.33. The van der Waals surface area contributed by atoms with Gasteiger partial charge in [0.2, 0.25) is 0 Å². The number of hydrogen-bond acceptors (Lipinski definition) is 7. The van der Waals surface area contributed by atoms with Gasteiger partial charge in [-0.15, -0.1) is 0 Å². The number of nitrogens with zero attached hydrogens (tertiary/aromatic N) is 2. The SMILES string of the molecule is COCCCN1C(=O)S/C(=C/c2c(OCc3cccc([N+](=O)[O-])c3)ccc3ccccc23)C1=O. The van der Waals surface area contributed by atoms with E-state index in [9.17, 15) is 19.7 Å². The van der Waals surface area contributed by atoms with Crippen LogP contribution in [0.25, 0.3) is 16.8 Å². The van der Waals surface area contributed by atoms with Crippen LogP contribution in [0, 0.1) is 10.1 Å². The molecule has 0 N–H and O–H groups in total. The lowest BCUT2D eigenvalue weighted by atomic mass is 10.0. The zero-order chi connectivity index (χ0) is 24.1. The molecule has 0 saturated carbocycles. The molecule has 1 aliphatic rings. The van der Waals surface area contributed by atoms with Gasteiger partial charge in [0.25, 0.3) is 16.8 Å². The smallest absolute Gasteiger partial charge is 0.293 e. The Kier molecular flexibility index (Phi) is 7.24. The normalized spacial score (nSPS) is 14.9. The van der Waals surface area contributed by atoms with Gasteiger partial charge in [0, 0.05) is 38.0 Å². The number of ether oxygens (including phenoxy) is 2. The number of hydrogen-bond donors (Lipinski definition) is 0. The molecule has 0 bridgehead atoms. The number of benzene rings is 3. The van der Waals surface area contributed by atoms with Gasteiger partial charge in [0.15, 0.2) is 0 Å². The molecule has 34 heavy (non-hydrogen) atoms. The Morgan fingerprint density at radius 3 is 2.71 bits per heavy atom. The summed E-state index contributed by atoms with van der Waals surface area (Å²) in [6.07, 6.45) is 2.25. The molecule has 2 amide bonds. The summed E-state index contributed by atoms with van der Waals surface area (Å²) in [5.74, 6) is 0.167. The van der Waals surface area contributed by atoms with Crippen molar-refractivity contribution in [3.63, 3.8) is 0 Å². The van der Waals surface area contributed by atoms with Crippen LogP contribution in [0.5, 0.6) is 5.75 Å². The predicted octanol–water partition coefficient (Wildman–Crippen LogP) is 5.40. The number of nitro groups is 1. The van der Waals surface area contributed by atoms with Crippen molar-refractivity contribution in [2.24, 2.45) is 0 Å². The molecule has 3 aromatic carbocycles. The third-order valence-corrected chi connectivity index (χ3v) is 6.23. The minimum Gasteiger partial charge on any atom is -0.488 e. The van der Waals surface area contributed by atoms with E-state index < -0.39 is 4.92 Å². The molecule has 0 radical (unpaired) electrons. The van der Waals surface area contributed by atoms with Gasteiger partial charge in [0.1, 0.15) is 12.4 Å². The fourth-order valence-corrected chi connectivity index (χ4v) is 4.51. The second kappa shape index (κ2) is 10.5. The molecule has 174 valence electrons. The lowest BCUT2D eigenvalue weighted by Gasteiger charge is -2.13. The van der Waals surface area contributed by atoms with Crippen molar-refractivity contribution in [2.75, 3.05) is 20.3 Å². The van der Waals surface area contributed by atoms with E-state index in [0.29, 0.717) is 41.4 Å². The average molecular weight is 479 g/mol. The molecule has 1 fully saturated rings. The van der Waals surface area contributed by atoms with Crippen LogP contribution in [0.15, 0.2) is 65.6 Å². The summed E-state index contributed by atoms with van der Waals surface area (Å²) in [5.41, 5.74) is 1.31. The molecular formula is C25H22N2O6S. The maximum Gasteiger partial charge on any atom is 0.293 e. The molecule has 0 aliphatic carbocycles. The van der Waals surface area contributed by atoms with Gasteiger partial charge in [-0.1, -0.05) is 42.5 Å². The van der Waals surface area contributed by atoms with Crippen molar-refractivity contribution in [3.05, 3.63) is 86.8 Å². The fraction of sp³-hybridized carbons (Fsp3) is 0.200. The Morgan fingerprint density at radius 2 is 1.91 bits per heavy atom. The predicted molar refractivity (Wildman–Crippen MR) is 131 cm³/mol. The summed E-state index contributed by atoms with van der Waals surface area (Å²) in [4.78, 5) is 37.5. The van der Waals surface area contributed by atoms with E-state index >= 15 is 0 Å². The van der Waals surface area contributed by atoms with Crippen molar-refractivity contribution in [3.8, 4) is 5.75 Å². The molecule has 4 rings (SSSR count). The Balaban J connectivity index is 1.66. The highest BCUT2D eigenvalue weighted by Crippen LogP contribution is 2.37. The first-order chi connectivity index (χ1) is 16.5. The van der Waals surface area contributed by atoms with Crippen LogP contribution >= 0.6 is 11.8 Å². The van der Waals surface area contributed by atoms with Crippen LogP contribution in [0.2, 0.25) is 0 Å². The molecule has 0 spiro atoms. The van der Waals surface area contributed by atoms with Crippen molar-refractivity contribution < 1.29 is 24.0 Å². The highest BCUT2D eigenvalue weighted by atomic mass is 32.2. The van der Waals surface area contributed by atoms with E-state index in [1.165, 1.54) is 17.0 Å². The second-order valence-electron chi connectivity index (χ2n) is 7.59. The first-order valence-corrected chi connectivity index (χ1v) is 11.4. The first kappa shape index (κ1) is 23.5. The highest BCUT2D eigenvalue weighted by molar-refractivity contribution is 8.18. The summed E-state index contributed by atoms with van der Waals surface area (Å²) >= 11 is 0.899. The monoisotopic (exact) mass is 478 g/mol. The molecular weight excluding hydrogens is 456 g/mol. The lowest BCUT2D eigenvalue weighted by Crippen LogP contribution is -2.29. The summed E-state index contributed by atoms with van der Waals surface area (Å²) in [5, 5.41) is 12.6. The van der Waals surface area contributed by atoms with Crippen LogP contribution in [-0.2, 0) is 16.1 Å². The van der Waals surface area contributed by atoms with Gasteiger partial charge < -0.3 is 9.47 Å². The summed E-state index contributed by atoms with van der Waals surface area (Å²) in [6.45, 7) is 0.862. The number of carbonyl (C=O) groups excluding carboxylic acids is 2. The Morgan fingerprint density at radius 1 is 1.09 bits per heavy atom. The van der Waals surface area contributed by atoms with E-state index in [1.54, 1.807) is 31.4 Å². The van der Waals surface area contributed by atoms with Crippen molar-refractivity contribution in [2.45, 2.75) is 13.0 Å². The molecule has 1 saturated heterocycles. The maximum absolute atomic E-state index is 12.9. The number of nitro benzene ring substituents is 1. The minimum absolute atomic E-state index is 0.0121. The van der Waals surface area contributed by atoms with E-state index in [-0.39, 0.29) is 23.4 Å². The summed E-state index contributed by atoms with van der Waals surface area (Å²) < 4.78 is 11.1. The molecule has 0 atom stereocenters. The Labute approximate surface area is 200 Å². The maximum atomic E-state index is 12.9. The standard InChI is InChI=1S/C25H22N2O6S/c1-32-13-5-12-26-24(28)23(34-25(26)29)15-21-20-9-3-2-7-18(20)10-11-22(21)33-16-17-6-4-8-19(14-17)27(30)31/h2-4,6-11,14-15H,5,12-13,16H2,1H3/b23-15+. The van der Waals surface area contributed by atoms with E-state index in [4.69, 9.17) is 9.47 Å². The second-order valence-corrected chi connectivity index (χ2v) is 8.59. The van der Waals surface area contributed by atoms with Crippen molar-refractivity contribution >= 4 is 45.4 Å². The fourth-order valence-electron chi connectivity index (χ4n) is 3.66. The first-order valence-electron chi connectivity index (χ1n) is 10.6. The van der Waals surface area contributed by atoms with Gasteiger partial charge in [-0.3, -0.25) is 24.6 Å². The number of thioether (sulfide) groups is 1. The summed E-state index contributed by atoms with van der Waals surface area (Å²) in [7, 11) is 1.57. The van der Waals surface area contributed by atoms with Crippen LogP contribution in [-0.4, -0.2) is 41.2 Å². The van der Waals surface area contributed by atoms with Crippen LogP contribution in [0.4, 0.5) is 10.5 Å². The number of non-ortho nitro benzene ring substituents is 1. The third kappa shape index (κ3) is 5.11. The number of methoxy groups -OCH3 is 1. The van der Waals surface area contributed by atoms with E-state index in [2.05, 4.69) is 0 Å². The topological polar surface area (TPSA) is 99.0 Å². The molecule has 8 nitrogen and oxygen atoms in total. The van der Waals surface area contributed by atoms with Gasteiger partial charge in [-0.2, -0.15) is 0 Å². The molecule has 1 aliphatic heterocycles. The lowest BCUT2D eigenvalue weighted by molar-refractivity contribution is -0.384. The Bertz CT molecular complexity index is 1290.